The first-order valence-corrected chi connectivity index (χ1v) is 6.61. The highest BCUT2D eigenvalue weighted by atomic mass is 35.5. The predicted octanol–water partition coefficient (Wildman–Crippen LogP) is 3.78. The van der Waals surface area contributed by atoms with Crippen molar-refractivity contribution in [3.05, 3.63) is 64.7 Å². The lowest BCUT2D eigenvalue weighted by atomic mass is 10.1. The number of nitrogens with one attached hydrogen (secondary N) is 1. The van der Waals surface area contributed by atoms with E-state index < -0.39 is 0 Å². The predicted molar refractivity (Wildman–Crippen MR) is 79.6 cm³/mol. The third-order valence-electron chi connectivity index (χ3n) is 2.90. The Morgan fingerprint density at radius 1 is 1.15 bits per heavy atom. The molecule has 2 aromatic rings. The summed E-state index contributed by atoms with van der Waals surface area (Å²) in [6, 6.07) is 16.4. The lowest BCUT2D eigenvalue weighted by molar-refractivity contribution is -0.116. The van der Waals surface area contributed by atoms with Crippen LogP contribution in [0.4, 0.5) is 5.69 Å². The molecule has 0 aliphatic carbocycles. The van der Waals surface area contributed by atoms with Crippen LogP contribution in [0.1, 0.15) is 17.5 Å². The molecule has 2 aromatic carbocycles. The number of aryl methyl sites for hydroxylation is 1. The van der Waals surface area contributed by atoms with Gasteiger partial charge in [-0.15, -0.1) is 0 Å². The molecule has 0 aliphatic heterocycles. The monoisotopic (exact) mass is 284 g/mol. The first-order chi connectivity index (χ1) is 9.70. The highest BCUT2D eigenvalue weighted by molar-refractivity contribution is 6.31. The number of para-hydroxylation sites is 1. The SMILES string of the molecule is N#Cc1ccccc1NC(=O)CCc1ccccc1Cl. The van der Waals surface area contributed by atoms with Gasteiger partial charge in [-0.25, -0.2) is 0 Å². The molecule has 0 atom stereocenters. The highest BCUT2D eigenvalue weighted by Crippen LogP contribution is 2.18. The number of carbonyl (C=O) groups is 1. The van der Waals surface area contributed by atoms with E-state index in [-0.39, 0.29) is 5.91 Å². The Hall–Kier alpha value is -2.31. The van der Waals surface area contributed by atoms with Crippen molar-refractivity contribution in [2.45, 2.75) is 12.8 Å². The van der Waals surface area contributed by atoms with Crippen LogP contribution < -0.4 is 5.32 Å². The Labute approximate surface area is 122 Å². The maximum atomic E-state index is 11.9. The molecular weight excluding hydrogens is 272 g/mol. The molecule has 0 aromatic heterocycles. The average molecular weight is 285 g/mol. The zero-order valence-corrected chi connectivity index (χ0v) is 11.5. The third-order valence-corrected chi connectivity index (χ3v) is 3.27. The van der Waals surface area contributed by atoms with E-state index in [1.54, 1.807) is 30.3 Å². The molecule has 3 nitrogen and oxygen atoms in total. The number of halogens is 1. The Balaban J connectivity index is 1.97. The van der Waals surface area contributed by atoms with Crippen molar-refractivity contribution in [1.82, 2.24) is 0 Å². The van der Waals surface area contributed by atoms with Crippen LogP contribution >= 0.6 is 11.6 Å². The van der Waals surface area contributed by atoms with Crippen molar-refractivity contribution in [2.75, 3.05) is 5.32 Å². The molecule has 2 rings (SSSR count). The van der Waals surface area contributed by atoms with Crippen LogP contribution in [-0.4, -0.2) is 5.91 Å². The van der Waals surface area contributed by atoms with Crippen LogP contribution in [0.25, 0.3) is 0 Å². The molecular formula is C16H13ClN2O. The van der Waals surface area contributed by atoms with Crippen LogP contribution in [0.3, 0.4) is 0 Å². The highest BCUT2D eigenvalue weighted by Gasteiger charge is 2.07. The summed E-state index contributed by atoms with van der Waals surface area (Å²) in [7, 11) is 0. The smallest absolute Gasteiger partial charge is 0.224 e. The molecule has 0 heterocycles. The maximum Gasteiger partial charge on any atom is 0.224 e. The van der Waals surface area contributed by atoms with Gasteiger partial charge in [-0.2, -0.15) is 5.26 Å². The standard InChI is InChI=1S/C16H13ClN2O/c17-14-7-3-1-5-12(14)9-10-16(20)19-15-8-4-2-6-13(15)11-18/h1-8H,9-10H2,(H,19,20). The summed E-state index contributed by atoms with van der Waals surface area (Å²) in [5, 5.41) is 12.4. The third kappa shape index (κ3) is 3.59. The van der Waals surface area contributed by atoms with Gasteiger partial charge in [0.2, 0.25) is 5.91 Å². The van der Waals surface area contributed by atoms with Crippen LogP contribution in [0.5, 0.6) is 0 Å². The number of anilines is 1. The molecule has 0 aliphatic rings. The number of amides is 1. The summed E-state index contributed by atoms with van der Waals surface area (Å²) in [6.07, 6.45) is 0.893. The first kappa shape index (κ1) is 14.1. The summed E-state index contributed by atoms with van der Waals surface area (Å²) in [4.78, 5) is 11.9. The molecule has 100 valence electrons. The minimum atomic E-state index is -0.132. The zero-order chi connectivity index (χ0) is 14.4. The lowest BCUT2D eigenvalue weighted by Crippen LogP contribution is -2.13. The maximum absolute atomic E-state index is 11.9. The van der Waals surface area contributed by atoms with Gasteiger partial charge < -0.3 is 5.32 Å². The van der Waals surface area contributed by atoms with E-state index in [1.807, 2.05) is 24.3 Å². The fourth-order valence-electron chi connectivity index (χ4n) is 1.85. The van der Waals surface area contributed by atoms with Gasteiger partial charge in [0.25, 0.3) is 0 Å². The number of hydrogen-bond donors (Lipinski definition) is 1. The molecule has 1 amide bonds. The second kappa shape index (κ2) is 6.74. The molecule has 1 N–H and O–H groups in total. The number of hydrogen-bond acceptors (Lipinski definition) is 2. The Kier molecular flexibility index (Phi) is 4.75. The number of carbonyl (C=O) groups excluding carboxylic acids is 1. The minimum Gasteiger partial charge on any atom is -0.325 e. The van der Waals surface area contributed by atoms with Crippen LogP contribution in [0.2, 0.25) is 5.02 Å². The van der Waals surface area contributed by atoms with E-state index in [9.17, 15) is 4.79 Å². The summed E-state index contributed by atoms with van der Waals surface area (Å²) in [5.41, 5.74) is 1.94. The quantitative estimate of drug-likeness (QED) is 0.929. The average Bonchev–Trinajstić information content (AvgIpc) is 2.47. The second-order valence-electron chi connectivity index (χ2n) is 4.30. The molecule has 0 spiro atoms. The second-order valence-corrected chi connectivity index (χ2v) is 4.70. The minimum absolute atomic E-state index is 0.132. The fourth-order valence-corrected chi connectivity index (χ4v) is 2.08. The Morgan fingerprint density at radius 3 is 2.60 bits per heavy atom. The van der Waals surface area contributed by atoms with Gasteiger partial charge >= 0.3 is 0 Å². The Morgan fingerprint density at radius 2 is 1.85 bits per heavy atom. The van der Waals surface area contributed by atoms with Gasteiger partial charge in [-0.3, -0.25) is 4.79 Å². The molecule has 0 saturated heterocycles. The normalized spacial score (nSPS) is 9.80. The largest absolute Gasteiger partial charge is 0.325 e. The van der Waals surface area contributed by atoms with Crippen molar-refractivity contribution in [3.63, 3.8) is 0 Å². The van der Waals surface area contributed by atoms with Crippen molar-refractivity contribution < 1.29 is 4.79 Å². The van der Waals surface area contributed by atoms with Gasteiger partial charge in [0.05, 0.1) is 11.3 Å². The summed E-state index contributed by atoms with van der Waals surface area (Å²) in [6.45, 7) is 0. The van der Waals surface area contributed by atoms with Gasteiger partial charge in [0, 0.05) is 11.4 Å². The number of nitriles is 1. The number of benzene rings is 2. The van der Waals surface area contributed by atoms with Crippen LogP contribution in [0, 0.1) is 11.3 Å². The van der Waals surface area contributed by atoms with Gasteiger partial charge in [0.15, 0.2) is 0 Å². The van der Waals surface area contributed by atoms with Gasteiger partial charge in [-0.05, 0) is 30.2 Å². The molecule has 0 fully saturated rings. The van der Waals surface area contributed by atoms with Gasteiger partial charge in [0.1, 0.15) is 6.07 Å². The zero-order valence-electron chi connectivity index (χ0n) is 10.8. The van der Waals surface area contributed by atoms with Crippen molar-refractivity contribution in [3.8, 4) is 6.07 Å². The van der Waals surface area contributed by atoms with Gasteiger partial charge in [-0.1, -0.05) is 41.9 Å². The van der Waals surface area contributed by atoms with E-state index in [0.717, 1.165) is 5.56 Å². The van der Waals surface area contributed by atoms with Crippen LogP contribution in [0.15, 0.2) is 48.5 Å². The molecule has 4 heteroatoms. The van der Waals surface area contributed by atoms with Crippen molar-refractivity contribution >= 4 is 23.2 Å². The summed E-state index contributed by atoms with van der Waals surface area (Å²) >= 11 is 6.04. The summed E-state index contributed by atoms with van der Waals surface area (Å²) < 4.78 is 0. The molecule has 0 unspecified atom stereocenters. The van der Waals surface area contributed by atoms with Crippen molar-refractivity contribution in [1.29, 1.82) is 5.26 Å². The molecule has 0 saturated carbocycles. The molecule has 0 bridgehead atoms. The first-order valence-electron chi connectivity index (χ1n) is 6.23. The Bertz CT molecular complexity index is 662. The molecule has 0 radical (unpaired) electrons. The van der Waals surface area contributed by atoms with Crippen LogP contribution in [-0.2, 0) is 11.2 Å². The summed E-state index contributed by atoms with van der Waals surface area (Å²) in [5.74, 6) is -0.132. The van der Waals surface area contributed by atoms with E-state index in [0.29, 0.717) is 29.1 Å². The lowest BCUT2D eigenvalue weighted by Gasteiger charge is -2.07. The number of nitrogens with zero attached hydrogens (tertiary/aromatic N) is 1. The van der Waals surface area contributed by atoms with E-state index in [4.69, 9.17) is 16.9 Å². The fraction of sp³-hybridized carbons (Fsp3) is 0.125. The van der Waals surface area contributed by atoms with E-state index in [1.165, 1.54) is 0 Å². The van der Waals surface area contributed by atoms with Crippen molar-refractivity contribution in [2.24, 2.45) is 0 Å². The van der Waals surface area contributed by atoms with E-state index >= 15 is 0 Å². The molecule has 20 heavy (non-hydrogen) atoms. The topological polar surface area (TPSA) is 52.9 Å². The van der Waals surface area contributed by atoms with E-state index in [2.05, 4.69) is 5.32 Å². The number of rotatable bonds is 4.